The molecule has 2 aromatic carbocycles. The van der Waals surface area contributed by atoms with Gasteiger partial charge >= 0.3 is 6.09 Å². The smallest absolute Gasteiger partial charge is 0.407 e. The zero-order valence-electron chi connectivity index (χ0n) is 18.5. The Balaban J connectivity index is 1.75. The zero-order valence-corrected chi connectivity index (χ0v) is 19.2. The number of aromatic nitrogens is 1. The van der Waals surface area contributed by atoms with E-state index in [-0.39, 0.29) is 47.2 Å². The van der Waals surface area contributed by atoms with Crippen LogP contribution in [0.3, 0.4) is 0 Å². The van der Waals surface area contributed by atoms with Crippen LogP contribution in [0.15, 0.2) is 24.4 Å². The summed E-state index contributed by atoms with van der Waals surface area (Å²) in [7, 11) is 2.76. The molecule has 0 spiro atoms. The fraction of sp³-hybridized carbons (Fsp3) is 0.261. The number of pyridine rings is 1. The number of fused-ring (bicyclic) bond motifs is 5. The summed E-state index contributed by atoms with van der Waals surface area (Å²) in [5, 5.41) is 9.42. The Kier molecular flexibility index (Phi) is 5.39. The minimum Gasteiger partial charge on any atom is -0.496 e. The summed E-state index contributed by atoms with van der Waals surface area (Å²) in [5.41, 5.74) is -0.216. The second-order valence-electron chi connectivity index (χ2n) is 8.21. The Morgan fingerprint density at radius 3 is 2.63 bits per heavy atom. The van der Waals surface area contributed by atoms with Crippen LogP contribution >= 0.6 is 11.6 Å². The third-order valence-corrected chi connectivity index (χ3v) is 6.75. The molecule has 0 unspecified atom stereocenters. The third-order valence-electron chi connectivity index (χ3n) is 6.45. The van der Waals surface area contributed by atoms with Crippen LogP contribution in [0.2, 0.25) is 5.02 Å². The van der Waals surface area contributed by atoms with Crippen LogP contribution in [0, 0.1) is 17.5 Å². The average molecular weight is 507 g/mol. The number of anilines is 2. The Labute approximate surface area is 202 Å². The number of halogens is 4. The van der Waals surface area contributed by atoms with Crippen LogP contribution in [-0.4, -0.2) is 66.8 Å². The van der Waals surface area contributed by atoms with Crippen LogP contribution in [0.25, 0.3) is 22.0 Å². The minimum absolute atomic E-state index is 0.0677. The number of hydrogen-bond acceptors (Lipinski definition) is 5. The molecule has 1 N–H and O–H groups in total. The van der Waals surface area contributed by atoms with Gasteiger partial charge in [0.1, 0.15) is 17.3 Å². The Morgan fingerprint density at radius 1 is 1.20 bits per heavy atom. The van der Waals surface area contributed by atoms with E-state index in [0.717, 1.165) is 11.0 Å². The van der Waals surface area contributed by atoms with Gasteiger partial charge in [0, 0.05) is 31.1 Å². The van der Waals surface area contributed by atoms with Crippen LogP contribution in [0.4, 0.5) is 29.3 Å². The van der Waals surface area contributed by atoms with Crippen LogP contribution in [0.5, 0.6) is 5.75 Å². The predicted molar refractivity (Wildman–Crippen MR) is 123 cm³/mol. The lowest BCUT2D eigenvalue weighted by atomic mass is 9.97. The molecule has 1 aromatic heterocycles. The highest BCUT2D eigenvalue weighted by atomic mass is 35.5. The lowest BCUT2D eigenvalue weighted by Gasteiger charge is -2.46. The van der Waals surface area contributed by atoms with E-state index in [9.17, 15) is 23.5 Å². The van der Waals surface area contributed by atoms with Gasteiger partial charge < -0.3 is 24.5 Å². The SMILES string of the molecule is COc1ccc(F)c(F)c1-c1c(Cl)cc2c3c(cnc2c1F)N(C)C(=O)[C@H]1CN(C(=O)O)CCN31. The van der Waals surface area contributed by atoms with Crippen LogP contribution in [0.1, 0.15) is 0 Å². The summed E-state index contributed by atoms with van der Waals surface area (Å²) in [6.07, 6.45) is 0.172. The molecular weight excluding hydrogens is 489 g/mol. The van der Waals surface area contributed by atoms with E-state index in [4.69, 9.17) is 16.3 Å². The minimum atomic E-state index is -1.32. The maximum atomic E-state index is 15.9. The molecule has 5 rings (SSSR count). The van der Waals surface area contributed by atoms with Crippen molar-refractivity contribution in [3.8, 4) is 16.9 Å². The zero-order chi connectivity index (χ0) is 25.2. The molecule has 0 aliphatic carbocycles. The number of ether oxygens (including phenoxy) is 1. The molecule has 0 saturated carbocycles. The van der Waals surface area contributed by atoms with Crippen LogP contribution < -0.4 is 14.5 Å². The lowest BCUT2D eigenvalue weighted by molar-refractivity contribution is -0.120. The monoisotopic (exact) mass is 506 g/mol. The average Bonchev–Trinajstić information content (AvgIpc) is 2.84. The Hall–Kier alpha value is -3.73. The maximum Gasteiger partial charge on any atom is 0.407 e. The maximum absolute atomic E-state index is 15.9. The van der Waals surface area contributed by atoms with Crippen molar-refractivity contribution in [3.63, 3.8) is 0 Å². The number of benzene rings is 2. The second kappa shape index (κ2) is 8.19. The van der Waals surface area contributed by atoms with E-state index in [0.29, 0.717) is 11.4 Å². The summed E-state index contributed by atoms with van der Waals surface area (Å²) < 4.78 is 49.8. The highest BCUT2D eigenvalue weighted by molar-refractivity contribution is 6.34. The summed E-state index contributed by atoms with van der Waals surface area (Å²) >= 11 is 6.45. The van der Waals surface area contributed by atoms with Gasteiger partial charge in [0.05, 0.1) is 41.8 Å². The number of nitrogens with zero attached hydrogens (tertiary/aromatic N) is 4. The molecule has 2 amide bonds. The molecule has 2 aliphatic rings. The first-order valence-corrected chi connectivity index (χ1v) is 10.9. The number of carbonyl (C=O) groups is 2. The van der Waals surface area contributed by atoms with Gasteiger partial charge in [-0.25, -0.2) is 18.0 Å². The van der Waals surface area contributed by atoms with Crippen molar-refractivity contribution in [1.29, 1.82) is 0 Å². The van der Waals surface area contributed by atoms with Gasteiger partial charge in [0.15, 0.2) is 17.5 Å². The number of carbonyl (C=O) groups excluding carboxylic acids is 1. The van der Waals surface area contributed by atoms with Gasteiger partial charge in [0.2, 0.25) is 0 Å². The van der Waals surface area contributed by atoms with Crippen molar-refractivity contribution in [2.24, 2.45) is 0 Å². The van der Waals surface area contributed by atoms with Crippen molar-refractivity contribution in [2.75, 3.05) is 43.6 Å². The molecule has 3 heterocycles. The molecule has 1 saturated heterocycles. The van der Waals surface area contributed by atoms with E-state index in [1.165, 1.54) is 37.4 Å². The number of piperazine rings is 1. The number of rotatable bonds is 2. The normalized spacial score (nSPS) is 17.5. The van der Waals surface area contributed by atoms with Gasteiger partial charge in [-0.15, -0.1) is 0 Å². The molecule has 3 aromatic rings. The van der Waals surface area contributed by atoms with Gasteiger partial charge in [-0.1, -0.05) is 11.6 Å². The van der Waals surface area contributed by atoms with Crippen LogP contribution in [-0.2, 0) is 4.79 Å². The van der Waals surface area contributed by atoms with Crippen molar-refractivity contribution in [2.45, 2.75) is 6.04 Å². The molecule has 35 heavy (non-hydrogen) atoms. The number of hydrogen-bond donors (Lipinski definition) is 1. The topological polar surface area (TPSA) is 86.2 Å². The third kappa shape index (κ3) is 3.33. The van der Waals surface area contributed by atoms with Crippen molar-refractivity contribution in [3.05, 3.63) is 46.9 Å². The molecule has 2 aliphatic heterocycles. The van der Waals surface area contributed by atoms with Gasteiger partial charge in [-0.05, 0) is 18.2 Å². The standard InChI is InChI=1S/C23H18ClF3N4O4/c1-29-13-8-28-20-10(21(13)31-6-5-30(23(33)34)9-14(31)22(29)32)7-11(24)16(19(20)27)17-15(35-2)4-3-12(25)18(17)26/h3-4,7-8,14H,5-6,9H2,1-2H3,(H,33,34)/t14-/m1/s1. The fourth-order valence-electron chi connectivity index (χ4n) is 4.73. The molecule has 182 valence electrons. The lowest BCUT2D eigenvalue weighted by Crippen LogP contribution is -2.62. The highest BCUT2D eigenvalue weighted by Gasteiger charge is 2.42. The van der Waals surface area contributed by atoms with Gasteiger partial charge in [-0.3, -0.25) is 9.78 Å². The van der Waals surface area contributed by atoms with Crippen molar-refractivity contribution >= 4 is 45.9 Å². The molecular formula is C23H18ClF3N4O4. The quantitative estimate of drug-likeness (QED) is 0.562. The summed E-state index contributed by atoms with van der Waals surface area (Å²) in [6.45, 7) is 0.240. The number of carboxylic acid groups (broad SMARTS) is 1. The molecule has 0 radical (unpaired) electrons. The predicted octanol–water partition coefficient (Wildman–Crippen LogP) is 4.13. The Morgan fingerprint density at radius 2 is 1.94 bits per heavy atom. The highest BCUT2D eigenvalue weighted by Crippen LogP contribution is 2.47. The molecule has 1 fully saturated rings. The summed E-state index contributed by atoms with van der Waals surface area (Å²) in [5.74, 6) is -3.96. The van der Waals surface area contributed by atoms with Crippen molar-refractivity contribution < 1.29 is 32.6 Å². The number of amides is 2. The summed E-state index contributed by atoms with van der Waals surface area (Å²) in [4.78, 5) is 32.8. The van der Waals surface area contributed by atoms with Gasteiger partial charge in [-0.2, -0.15) is 0 Å². The van der Waals surface area contributed by atoms with E-state index in [1.54, 1.807) is 4.90 Å². The largest absolute Gasteiger partial charge is 0.496 e. The van der Waals surface area contributed by atoms with Crippen molar-refractivity contribution in [1.82, 2.24) is 9.88 Å². The first-order chi connectivity index (χ1) is 16.6. The number of likely N-dealkylation sites (N-methyl/N-ethyl adjacent to an activating group) is 1. The molecule has 8 nitrogen and oxygen atoms in total. The van der Waals surface area contributed by atoms with E-state index < -0.39 is 40.7 Å². The summed E-state index contributed by atoms with van der Waals surface area (Å²) in [6, 6.07) is 2.59. The van der Waals surface area contributed by atoms with E-state index >= 15 is 4.39 Å². The van der Waals surface area contributed by atoms with E-state index in [1.807, 2.05) is 0 Å². The molecule has 0 bridgehead atoms. The second-order valence-corrected chi connectivity index (χ2v) is 8.62. The van der Waals surface area contributed by atoms with Gasteiger partial charge in [0.25, 0.3) is 5.91 Å². The fourth-order valence-corrected chi connectivity index (χ4v) is 5.02. The Bertz CT molecular complexity index is 1420. The molecule has 12 heteroatoms. The number of methoxy groups -OCH3 is 1. The molecule has 1 atom stereocenters. The van der Waals surface area contributed by atoms with E-state index in [2.05, 4.69) is 4.98 Å². The first-order valence-electron chi connectivity index (χ1n) is 10.5. The first kappa shape index (κ1) is 23.0.